The molecule has 7 nitrogen and oxygen atoms in total. The number of halogens is 3. The summed E-state index contributed by atoms with van der Waals surface area (Å²) in [6.45, 7) is 5.85. The summed E-state index contributed by atoms with van der Waals surface area (Å²) in [4.78, 5) is 30.7. The highest BCUT2D eigenvalue weighted by atomic mass is 35.5. The Morgan fingerprint density at radius 2 is 2.00 bits per heavy atom. The van der Waals surface area contributed by atoms with Crippen molar-refractivity contribution in [2.75, 3.05) is 5.32 Å². The van der Waals surface area contributed by atoms with Gasteiger partial charge >= 0.3 is 6.03 Å². The second-order valence-corrected chi connectivity index (χ2v) is 9.35. The van der Waals surface area contributed by atoms with Crippen molar-refractivity contribution < 1.29 is 14.0 Å². The van der Waals surface area contributed by atoms with Crippen LogP contribution in [0.1, 0.15) is 38.3 Å². The molecule has 0 saturated heterocycles. The number of carbonyl (C=O) groups is 2. The maximum absolute atomic E-state index is 14.7. The maximum Gasteiger partial charge on any atom is 0.319 e. The van der Waals surface area contributed by atoms with Crippen molar-refractivity contribution >= 4 is 46.8 Å². The van der Waals surface area contributed by atoms with Crippen molar-refractivity contribution in [2.45, 2.75) is 45.8 Å². The quantitative estimate of drug-likeness (QED) is 0.510. The molecule has 33 heavy (non-hydrogen) atoms. The number of anilines is 1. The van der Waals surface area contributed by atoms with E-state index in [1.54, 1.807) is 37.3 Å². The summed E-state index contributed by atoms with van der Waals surface area (Å²) in [5, 5.41) is 5.67. The first kappa shape index (κ1) is 24.8. The van der Waals surface area contributed by atoms with Crippen LogP contribution >= 0.6 is 23.2 Å². The van der Waals surface area contributed by atoms with E-state index in [1.807, 2.05) is 13.8 Å². The van der Waals surface area contributed by atoms with Crippen LogP contribution < -0.4 is 16.4 Å². The Bertz CT molecular complexity index is 1110. The molecule has 3 rings (SSSR count). The summed E-state index contributed by atoms with van der Waals surface area (Å²) >= 11 is 12.0. The molecule has 1 aliphatic heterocycles. The van der Waals surface area contributed by atoms with Gasteiger partial charge in [0.05, 0.1) is 22.3 Å². The SMILES string of the molecule is CC(C)CC1(C)N=C(N)N(Cc2ccc(CNC(=O)Nc3cccc(Cl)c3Cl)c(F)c2)C1=O. The van der Waals surface area contributed by atoms with Crippen molar-refractivity contribution in [1.29, 1.82) is 0 Å². The molecule has 1 aliphatic rings. The molecule has 0 saturated carbocycles. The van der Waals surface area contributed by atoms with Crippen LogP contribution in [-0.2, 0) is 17.9 Å². The lowest BCUT2D eigenvalue weighted by atomic mass is 9.91. The van der Waals surface area contributed by atoms with Crippen LogP contribution in [0.25, 0.3) is 0 Å². The number of nitrogens with zero attached hydrogens (tertiary/aromatic N) is 2. The molecule has 0 bridgehead atoms. The third-order valence-corrected chi connectivity index (χ3v) is 6.07. The Kier molecular flexibility index (Phi) is 7.49. The number of nitrogens with one attached hydrogen (secondary N) is 2. The number of guanidine groups is 1. The monoisotopic (exact) mass is 493 g/mol. The highest BCUT2D eigenvalue weighted by Gasteiger charge is 2.44. The maximum atomic E-state index is 14.7. The number of rotatable bonds is 7. The molecule has 0 aromatic heterocycles. The molecule has 10 heteroatoms. The summed E-state index contributed by atoms with van der Waals surface area (Å²) < 4.78 is 14.7. The number of hydrogen-bond donors (Lipinski definition) is 3. The highest BCUT2D eigenvalue weighted by molar-refractivity contribution is 6.43. The molecular weight excluding hydrogens is 468 g/mol. The molecule has 0 aliphatic carbocycles. The lowest BCUT2D eigenvalue weighted by Gasteiger charge is -2.23. The second-order valence-electron chi connectivity index (χ2n) is 8.57. The van der Waals surface area contributed by atoms with Crippen LogP contribution in [0, 0.1) is 11.7 Å². The van der Waals surface area contributed by atoms with Gasteiger partial charge in [-0.25, -0.2) is 14.2 Å². The van der Waals surface area contributed by atoms with Gasteiger partial charge in [0.25, 0.3) is 5.91 Å². The number of amides is 3. The molecule has 1 atom stereocenters. The Balaban J connectivity index is 1.61. The Hall–Kier alpha value is -2.84. The van der Waals surface area contributed by atoms with Crippen molar-refractivity contribution in [2.24, 2.45) is 16.6 Å². The number of hydrogen-bond acceptors (Lipinski definition) is 4. The molecular formula is C23H26Cl2FN5O2. The minimum atomic E-state index is -0.903. The highest BCUT2D eigenvalue weighted by Crippen LogP contribution is 2.30. The number of benzene rings is 2. The lowest BCUT2D eigenvalue weighted by molar-refractivity contribution is -0.131. The molecule has 0 fully saturated rings. The van der Waals surface area contributed by atoms with E-state index in [4.69, 9.17) is 28.9 Å². The van der Waals surface area contributed by atoms with Crippen LogP contribution in [0.15, 0.2) is 41.4 Å². The van der Waals surface area contributed by atoms with Gasteiger partial charge in [-0.15, -0.1) is 0 Å². The minimum Gasteiger partial charge on any atom is -0.369 e. The van der Waals surface area contributed by atoms with E-state index in [9.17, 15) is 14.0 Å². The first-order valence-corrected chi connectivity index (χ1v) is 11.2. The molecule has 176 valence electrons. The molecule has 0 radical (unpaired) electrons. The van der Waals surface area contributed by atoms with Gasteiger partial charge in [0.15, 0.2) is 5.96 Å². The minimum absolute atomic E-state index is 0.0468. The summed E-state index contributed by atoms with van der Waals surface area (Å²) in [6.07, 6.45) is 0.574. The molecule has 2 aromatic carbocycles. The van der Waals surface area contributed by atoms with E-state index >= 15 is 0 Å². The first-order chi connectivity index (χ1) is 15.5. The topological polar surface area (TPSA) is 99.8 Å². The van der Waals surface area contributed by atoms with E-state index < -0.39 is 17.4 Å². The fourth-order valence-corrected chi connectivity index (χ4v) is 4.14. The van der Waals surface area contributed by atoms with Crippen LogP contribution in [-0.4, -0.2) is 28.3 Å². The molecule has 1 unspecified atom stereocenters. The van der Waals surface area contributed by atoms with Crippen molar-refractivity contribution in [3.8, 4) is 0 Å². The largest absolute Gasteiger partial charge is 0.369 e. The lowest BCUT2D eigenvalue weighted by Crippen LogP contribution is -2.43. The first-order valence-electron chi connectivity index (χ1n) is 10.4. The Morgan fingerprint density at radius 1 is 1.27 bits per heavy atom. The second kappa shape index (κ2) is 9.97. The molecule has 2 aromatic rings. The number of urea groups is 1. The number of aliphatic imine (C=N–C) groups is 1. The van der Waals surface area contributed by atoms with Gasteiger partial charge in [0, 0.05) is 12.1 Å². The Morgan fingerprint density at radius 3 is 2.67 bits per heavy atom. The normalized spacial score (nSPS) is 18.0. The average molecular weight is 494 g/mol. The van der Waals surface area contributed by atoms with Gasteiger partial charge in [-0.05, 0) is 43.0 Å². The van der Waals surface area contributed by atoms with Crippen molar-refractivity contribution in [3.05, 3.63) is 63.4 Å². The Labute approximate surface area is 202 Å². The summed E-state index contributed by atoms with van der Waals surface area (Å²) in [6, 6.07) is 8.85. The average Bonchev–Trinajstić information content (AvgIpc) is 2.93. The van der Waals surface area contributed by atoms with E-state index in [0.29, 0.717) is 22.7 Å². The van der Waals surface area contributed by atoms with Gasteiger partial charge in [-0.1, -0.05) is 55.2 Å². The van der Waals surface area contributed by atoms with E-state index in [-0.39, 0.29) is 41.5 Å². The van der Waals surface area contributed by atoms with E-state index in [0.717, 1.165) is 0 Å². The smallest absolute Gasteiger partial charge is 0.319 e. The zero-order chi connectivity index (χ0) is 24.3. The van der Waals surface area contributed by atoms with Crippen LogP contribution in [0.5, 0.6) is 0 Å². The standard InChI is InChI=1S/C23H26Cl2FN5O2/c1-13(2)10-23(3)20(32)31(21(27)30-23)12-14-7-8-15(17(26)9-14)11-28-22(33)29-18-6-4-5-16(24)19(18)25/h4-9,13H,10-12H2,1-3H3,(H2,27,30)(H2,28,29,33). The van der Waals surface area contributed by atoms with E-state index in [1.165, 1.54) is 11.0 Å². The van der Waals surface area contributed by atoms with Gasteiger partial charge in [0.1, 0.15) is 11.4 Å². The van der Waals surface area contributed by atoms with Gasteiger partial charge in [-0.2, -0.15) is 0 Å². The predicted octanol–water partition coefficient (Wildman–Crippen LogP) is 4.92. The van der Waals surface area contributed by atoms with Gasteiger partial charge in [-0.3, -0.25) is 9.69 Å². The third kappa shape index (κ3) is 5.75. The summed E-state index contributed by atoms with van der Waals surface area (Å²) in [5.41, 5.74) is 6.28. The zero-order valence-corrected chi connectivity index (χ0v) is 20.1. The number of carbonyl (C=O) groups excluding carboxylic acids is 2. The van der Waals surface area contributed by atoms with Gasteiger partial charge in [0.2, 0.25) is 0 Å². The van der Waals surface area contributed by atoms with Crippen LogP contribution in [0.2, 0.25) is 10.0 Å². The van der Waals surface area contributed by atoms with Crippen molar-refractivity contribution in [3.63, 3.8) is 0 Å². The van der Waals surface area contributed by atoms with Crippen molar-refractivity contribution in [1.82, 2.24) is 10.2 Å². The molecule has 1 heterocycles. The molecule has 3 amide bonds. The summed E-state index contributed by atoms with van der Waals surface area (Å²) in [5.74, 6) is -0.311. The van der Waals surface area contributed by atoms with Crippen LogP contribution in [0.4, 0.5) is 14.9 Å². The zero-order valence-electron chi connectivity index (χ0n) is 18.6. The predicted molar refractivity (Wildman–Crippen MR) is 129 cm³/mol. The van der Waals surface area contributed by atoms with Crippen LogP contribution in [0.3, 0.4) is 0 Å². The van der Waals surface area contributed by atoms with Gasteiger partial charge < -0.3 is 16.4 Å². The molecule has 4 N–H and O–H groups in total. The molecule has 0 spiro atoms. The third-order valence-electron chi connectivity index (χ3n) is 5.25. The van der Waals surface area contributed by atoms with E-state index in [2.05, 4.69) is 15.6 Å². The fraction of sp³-hybridized carbons (Fsp3) is 0.348. The summed E-state index contributed by atoms with van der Waals surface area (Å²) in [7, 11) is 0. The number of nitrogens with two attached hydrogens (primary N) is 1. The fourth-order valence-electron chi connectivity index (χ4n) is 3.79.